The van der Waals surface area contributed by atoms with Gasteiger partial charge in [-0.1, -0.05) is 5.16 Å². The van der Waals surface area contributed by atoms with Crippen LogP contribution in [0.25, 0.3) is 11.0 Å². The van der Waals surface area contributed by atoms with Crippen LogP contribution in [0.15, 0.2) is 34.0 Å². The number of anilines is 1. The summed E-state index contributed by atoms with van der Waals surface area (Å²) in [5, 5.41) is 9.01. The number of piperidine rings is 1. The van der Waals surface area contributed by atoms with E-state index in [2.05, 4.69) is 43.1 Å². The van der Waals surface area contributed by atoms with Gasteiger partial charge in [0.05, 0.1) is 5.69 Å². The molecule has 0 amide bonds. The van der Waals surface area contributed by atoms with E-state index in [1.165, 1.54) is 16.5 Å². The molecule has 3 atom stereocenters. The molecule has 1 aliphatic carbocycles. The number of hydrogen-bond donors (Lipinski definition) is 0. The number of pyridine rings is 1. The monoisotopic (exact) mass is 418 g/mol. The molecule has 2 aliphatic rings. The first kappa shape index (κ1) is 18.2. The van der Waals surface area contributed by atoms with Crippen LogP contribution >= 0.6 is 0 Å². The number of aromatic nitrogens is 7. The van der Waals surface area contributed by atoms with Crippen molar-refractivity contribution in [3.8, 4) is 0 Å². The summed E-state index contributed by atoms with van der Waals surface area (Å²) in [6.07, 6.45) is 3.37. The van der Waals surface area contributed by atoms with E-state index in [0.29, 0.717) is 40.4 Å². The molecular formula is C21H22N8O2. The molecule has 2 fully saturated rings. The van der Waals surface area contributed by atoms with E-state index in [1.807, 2.05) is 19.2 Å². The fraction of sp³-hybridized carbons (Fsp3) is 0.429. The number of nitrogens with zero attached hydrogens (tertiary/aromatic N) is 8. The van der Waals surface area contributed by atoms with E-state index in [4.69, 9.17) is 4.52 Å². The SMILES string of the molecule is Cc1ccnc(N2C[C@@H]3C(c4noc(Cn5cnc6c(c(C)nn6C)c5=O)n4)[C@@H]3C2)c1. The Kier molecular flexibility index (Phi) is 3.80. The summed E-state index contributed by atoms with van der Waals surface area (Å²) in [4.78, 5) is 28.6. The Morgan fingerprint density at radius 2 is 2.00 bits per heavy atom. The molecule has 10 heteroatoms. The fourth-order valence-corrected chi connectivity index (χ4v) is 4.88. The highest BCUT2D eigenvalue weighted by atomic mass is 16.5. The van der Waals surface area contributed by atoms with Crippen molar-refractivity contribution in [2.24, 2.45) is 18.9 Å². The minimum Gasteiger partial charge on any atom is -0.356 e. The first-order valence-electron chi connectivity index (χ1n) is 10.4. The lowest BCUT2D eigenvalue weighted by molar-refractivity contribution is 0.363. The van der Waals surface area contributed by atoms with Gasteiger partial charge in [0.25, 0.3) is 5.56 Å². The Morgan fingerprint density at radius 1 is 1.19 bits per heavy atom. The van der Waals surface area contributed by atoms with Crippen LogP contribution in [0.2, 0.25) is 0 Å². The maximum Gasteiger partial charge on any atom is 0.265 e. The van der Waals surface area contributed by atoms with Crippen molar-refractivity contribution >= 4 is 16.9 Å². The molecule has 0 radical (unpaired) electrons. The number of aryl methyl sites for hydroxylation is 3. The van der Waals surface area contributed by atoms with Crippen molar-refractivity contribution in [1.82, 2.24) is 34.5 Å². The molecule has 4 aromatic heterocycles. The molecule has 5 heterocycles. The highest BCUT2D eigenvalue weighted by Gasteiger charge is 2.58. The molecule has 31 heavy (non-hydrogen) atoms. The minimum atomic E-state index is -0.153. The molecule has 10 nitrogen and oxygen atoms in total. The molecule has 0 aromatic carbocycles. The van der Waals surface area contributed by atoms with Crippen molar-refractivity contribution < 1.29 is 4.52 Å². The molecule has 1 aliphatic heterocycles. The van der Waals surface area contributed by atoms with Gasteiger partial charge in [-0.25, -0.2) is 14.6 Å². The second-order valence-electron chi connectivity index (χ2n) is 8.58. The third-order valence-electron chi connectivity index (χ3n) is 6.49. The van der Waals surface area contributed by atoms with Gasteiger partial charge in [0.15, 0.2) is 11.5 Å². The first-order chi connectivity index (χ1) is 15.0. The standard InChI is InChI=1S/C21H22N8O2/c1-11-4-5-22-15(6-11)28-7-13-14(8-28)18(13)19-24-16(31-26-19)9-29-10-23-20-17(21(29)30)12(2)25-27(20)3/h4-6,10,13-14,18H,7-9H2,1-3H3/t13-,14+,18?. The summed E-state index contributed by atoms with van der Waals surface area (Å²) in [6, 6.07) is 4.14. The van der Waals surface area contributed by atoms with Crippen LogP contribution in [-0.2, 0) is 13.6 Å². The maximum atomic E-state index is 12.8. The Balaban J connectivity index is 1.18. The van der Waals surface area contributed by atoms with Crippen molar-refractivity contribution in [3.63, 3.8) is 0 Å². The normalized spacial score (nSPS) is 22.3. The van der Waals surface area contributed by atoms with Crippen LogP contribution in [0, 0.1) is 25.7 Å². The molecule has 6 rings (SSSR count). The zero-order valence-electron chi connectivity index (χ0n) is 17.6. The van der Waals surface area contributed by atoms with Crippen molar-refractivity contribution in [3.05, 3.63) is 58.0 Å². The van der Waals surface area contributed by atoms with Gasteiger partial charge in [-0.15, -0.1) is 0 Å². The second-order valence-corrected chi connectivity index (χ2v) is 8.58. The lowest BCUT2D eigenvalue weighted by atomic mass is 10.2. The fourth-order valence-electron chi connectivity index (χ4n) is 4.88. The van der Waals surface area contributed by atoms with Crippen molar-refractivity contribution in [2.45, 2.75) is 26.3 Å². The maximum absolute atomic E-state index is 12.8. The highest BCUT2D eigenvalue weighted by Crippen LogP contribution is 2.57. The third-order valence-corrected chi connectivity index (χ3v) is 6.49. The molecule has 158 valence electrons. The van der Waals surface area contributed by atoms with E-state index in [0.717, 1.165) is 24.7 Å². The highest BCUT2D eigenvalue weighted by molar-refractivity contribution is 5.76. The van der Waals surface area contributed by atoms with E-state index < -0.39 is 0 Å². The van der Waals surface area contributed by atoms with Gasteiger partial charge in [0.2, 0.25) is 5.89 Å². The van der Waals surface area contributed by atoms with Gasteiger partial charge in [-0.3, -0.25) is 9.36 Å². The van der Waals surface area contributed by atoms with Crippen LogP contribution in [0.4, 0.5) is 5.82 Å². The molecular weight excluding hydrogens is 396 g/mol. The number of rotatable bonds is 4. The second kappa shape index (κ2) is 6.47. The zero-order chi connectivity index (χ0) is 21.3. The van der Waals surface area contributed by atoms with Gasteiger partial charge < -0.3 is 9.42 Å². The molecule has 1 unspecified atom stereocenters. The van der Waals surface area contributed by atoms with Gasteiger partial charge >= 0.3 is 0 Å². The van der Waals surface area contributed by atoms with E-state index in [1.54, 1.807) is 11.7 Å². The van der Waals surface area contributed by atoms with E-state index in [9.17, 15) is 4.79 Å². The molecule has 0 spiro atoms. The summed E-state index contributed by atoms with van der Waals surface area (Å²) in [7, 11) is 1.78. The summed E-state index contributed by atoms with van der Waals surface area (Å²) in [5.74, 6) is 3.55. The van der Waals surface area contributed by atoms with Crippen LogP contribution in [0.3, 0.4) is 0 Å². The summed E-state index contributed by atoms with van der Waals surface area (Å²) in [6.45, 7) is 6.00. The summed E-state index contributed by atoms with van der Waals surface area (Å²) < 4.78 is 8.58. The van der Waals surface area contributed by atoms with E-state index in [-0.39, 0.29) is 12.1 Å². The minimum absolute atomic E-state index is 0.153. The predicted molar refractivity (Wildman–Crippen MR) is 112 cm³/mol. The molecule has 1 saturated carbocycles. The van der Waals surface area contributed by atoms with Crippen LogP contribution in [0.1, 0.15) is 28.9 Å². The molecule has 0 bridgehead atoms. The average molecular weight is 418 g/mol. The summed E-state index contributed by atoms with van der Waals surface area (Å²) >= 11 is 0. The number of fused-ring (bicyclic) bond motifs is 2. The Bertz CT molecular complexity index is 1360. The summed E-state index contributed by atoms with van der Waals surface area (Å²) in [5.41, 5.74) is 2.30. The molecule has 4 aromatic rings. The van der Waals surface area contributed by atoms with Gasteiger partial charge in [-0.05, 0) is 43.4 Å². The van der Waals surface area contributed by atoms with Gasteiger partial charge in [-0.2, -0.15) is 10.1 Å². The lowest BCUT2D eigenvalue weighted by Gasteiger charge is -2.20. The number of hydrogen-bond acceptors (Lipinski definition) is 8. The zero-order valence-corrected chi connectivity index (χ0v) is 17.6. The molecule has 1 saturated heterocycles. The quantitative estimate of drug-likeness (QED) is 0.490. The Labute approximate surface area is 177 Å². The Morgan fingerprint density at radius 3 is 2.77 bits per heavy atom. The average Bonchev–Trinajstić information content (AvgIpc) is 3.12. The topological polar surface area (TPSA) is 108 Å². The molecule has 0 N–H and O–H groups in total. The van der Waals surface area contributed by atoms with Crippen LogP contribution in [0.5, 0.6) is 0 Å². The van der Waals surface area contributed by atoms with Crippen molar-refractivity contribution in [2.75, 3.05) is 18.0 Å². The van der Waals surface area contributed by atoms with Crippen molar-refractivity contribution in [1.29, 1.82) is 0 Å². The van der Waals surface area contributed by atoms with Crippen LogP contribution < -0.4 is 10.5 Å². The largest absolute Gasteiger partial charge is 0.356 e. The predicted octanol–water partition coefficient (Wildman–Crippen LogP) is 1.42. The first-order valence-corrected chi connectivity index (χ1v) is 10.4. The van der Waals surface area contributed by atoms with Crippen LogP contribution in [-0.4, -0.2) is 47.5 Å². The third kappa shape index (κ3) is 2.85. The lowest BCUT2D eigenvalue weighted by Crippen LogP contribution is -2.24. The smallest absolute Gasteiger partial charge is 0.265 e. The van der Waals surface area contributed by atoms with Gasteiger partial charge in [0.1, 0.15) is 24.1 Å². The van der Waals surface area contributed by atoms with Gasteiger partial charge in [0, 0.05) is 32.3 Å². The Hall–Kier alpha value is -3.56. The van der Waals surface area contributed by atoms with E-state index >= 15 is 0 Å².